The first-order valence-electron chi connectivity index (χ1n) is 12.1. The fraction of sp³-hybridized carbons (Fsp3) is 0.500. The van der Waals surface area contributed by atoms with Gasteiger partial charge in [0, 0.05) is 45.1 Å². The zero-order valence-corrected chi connectivity index (χ0v) is 19.6. The molecule has 1 aliphatic carbocycles. The van der Waals surface area contributed by atoms with E-state index in [9.17, 15) is 9.50 Å². The van der Waals surface area contributed by atoms with Crippen molar-refractivity contribution in [2.75, 3.05) is 39.8 Å². The number of rotatable bonds is 5. The van der Waals surface area contributed by atoms with Crippen molar-refractivity contribution in [1.82, 2.24) is 9.80 Å². The molecule has 2 aliphatic rings. The average molecular weight is 437 g/mol. The van der Waals surface area contributed by atoms with Crippen molar-refractivity contribution < 1.29 is 9.50 Å². The summed E-state index contributed by atoms with van der Waals surface area (Å²) in [5.74, 6) is -0.0448. The third kappa shape index (κ3) is 5.67. The Hall–Kier alpha value is -2.01. The minimum Gasteiger partial charge on any atom is -0.385 e. The molecule has 1 saturated carbocycles. The van der Waals surface area contributed by atoms with Crippen LogP contribution in [0.4, 0.5) is 4.39 Å². The van der Waals surface area contributed by atoms with Crippen LogP contribution in [0.3, 0.4) is 0 Å². The van der Waals surface area contributed by atoms with Crippen molar-refractivity contribution in [3.63, 3.8) is 0 Å². The highest BCUT2D eigenvalue weighted by Crippen LogP contribution is 2.41. The van der Waals surface area contributed by atoms with Gasteiger partial charge in [0.15, 0.2) is 0 Å². The molecular weight excluding hydrogens is 399 g/mol. The monoisotopic (exact) mass is 436 g/mol. The lowest BCUT2D eigenvalue weighted by Gasteiger charge is -2.42. The highest BCUT2D eigenvalue weighted by atomic mass is 19.1. The normalized spacial score (nSPS) is 26.9. The number of likely N-dealkylation sites (N-methyl/N-ethyl adjacent to an activating group) is 1. The third-order valence-corrected chi connectivity index (χ3v) is 7.32. The number of hydrogen-bond donors (Lipinski definition) is 1. The molecule has 2 aromatic carbocycles. The van der Waals surface area contributed by atoms with Crippen molar-refractivity contribution in [2.45, 2.75) is 44.6 Å². The van der Waals surface area contributed by atoms with Gasteiger partial charge in [-0.2, -0.15) is 0 Å². The molecule has 3 nitrogen and oxygen atoms in total. The first-order valence-corrected chi connectivity index (χ1v) is 12.1. The van der Waals surface area contributed by atoms with Crippen LogP contribution < -0.4 is 0 Å². The molecule has 172 valence electrons. The molecule has 0 amide bonds. The van der Waals surface area contributed by atoms with Crippen LogP contribution in [0.25, 0.3) is 6.08 Å². The minimum atomic E-state index is -0.901. The van der Waals surface area contributed by atoms with Gasteiger partial charge >= 0.3 is 0 Å². The molecule has 2 fully saturated rings. The summed E-state index contributed by atoms with van der Waals surface area (Å²) in [5.41, 5.74) is 3.57. The molecule has 0 radical (unpaired) electrons. The quantitative estimate of drug-likeness (QED) is 0.674. The van der Waals surface area contributed by atoms with E-state index >= 15 is 0 Å². The standard InChI is InChI=1S/C28H37FN2O/c1-22-6-5-7-24(18-22)20-28(32)25(19-23-10-12-27(29)13-11-23)8-3-4-9-26(28)21-31-16-14-30(2)15-17-31/h5-7,10-13,18-19,26,32H,3-4,8-9,14-17,20-21H2,1-2H3/b25-19-. The fourth-order valence-corrected chi connectivity index (χ4v) is 5.36. The molecule has 4 heteroatoms. The van der Waals surface area contributed by atoms with Crippen LogP contribution in [0.2, 0.25) is 0 Å². The lowest BCUT2D eigenvalue weighted by atomic mass is 9.74. The summed E-state index contributed by atoms with van der Waals surface area (Å²) in [4.78, 5) is 4.91. The number of benzene rings is 2. The topological polar surface area (TPSA) is 26.7 Å². The Morgan fingerprint density at radius 1 is 1.06 bits per heavy atom. The molecule has 0 aromatic heterocycles. The molecule has 0 spiro atoms. The molecule has 1 aliphatic heterocycles. The maximum absolute atomic E-state index is 13.5. The predicted octanol–water partition coefficient (Wildman–Crippen LogP) is 4.93. The van der Waals surface area contributed by atoms with E-state index < -0.39 is 5.60 Å². The van der Waals surface area contributed by atoms with E-state index in [0.29, 0.717) is 6.42 Å². The van der Waals surface area contributed by atoms with Crippen LogP contribution in [0, 0.1) is 18.7 Å². The van der Waals surface area contributed by atoms with Gasteiger partial charge in [-0.3, -0.25) is 0 Å². The largest absolute Gasteiger partial charge is 0.385 e. The van der Waals surface area contributed by atoms with Gasteiger partial charge in [0.2, 0.25) is 0 Å². The summed E-state index contributed by atoms with van der Waals surface area (Å²) in [7, 11) is 2.18. The lowest BCUT2D eigenvalue weighted by Crippen LogP contribution is -2.51. The van der Waals surface area contributed by atoms with E-state index in [-0.39, 0.29) is 11.7 Å². The molecule has 1 saturated heterocycles. The third-order valence-electron chi connectivity index (χ3n) is 7.32. The minimum absolute atomic E-state index is 0.181. The number of nitrogens with zero attached hydrogens (tertiary/aromatic N) is 2. The first-order chi connectivity index (χ1) is 15.4. The zero-order chi connectivity index (χ0) is 22.6. The molecular formula is C28H37FN2O. The number of hydrogen-bond acceptors (Lipinski definition) is 3. The van der Waals surface area contributed by atoms with E-state index in [1.165, 1.54) is 23.3 Å². The Morgan fingerprint density at radius 3 is 2.53 bits per heavy atom. The summed E-state index contributed by atoms with van der Waals surface area (Å²) in [6.07, 6.45) is 6.89. The Kier molecular flexibility index (Phi) is 7.44. The van der Waals surface area contributed by atoms with Crippen molar-refractivity contribution in [3.8, 4) is 0 Å². The molecule has 1 heterocycles. The second-order valence-corrected chi connectivity index (χ2v) is 9.86. The van der Waals surface area contributed by atoms with Gasteiger partial charge in [-0.15, -0.1) is 0 Å². The molecule has 2 unspecified atom stereocenters. The van der Waals surface area contributed by atoms with Crippen molar-refractivity contribution in [2.24, 2.45) is 5.92 Å². The second-order valence-electron chi connectivity index (χ2n) is 9.86. The number of piperazine rings is 1. The summed E-state index contributed by atoms with van der Waals surface area (Å²) in [6, 6.07) is 15.2. The maximum atomic E-state index is 13.5. The second kappa shape index (κ2) is 10.3. The SMILES string of the molecule is Cc1cccc(CC2(O)/C(=C\c3ccc(F)cc3)CCCCC2CN2CCN(C)CC2)c1. The molecule has 2 atom stereocenters. The molecule has 2 aromatic rings. The Morgan fingerprint density at radius 2 is 1.81 bits per heavy atom. The molecule has 0 bridgehead atoms. The first kappa shape index (κ1) is 23.2. The predicted molar refractivity (Wildman–Crippen MR) is 130 cm³/mol. The van der Waals surface area contributed by atoms with E-state index in [2.05, 4.69) is 54.1 Å². The van der Waals surface area contributed by atoms with Crippen molar-refractivity contribution in [1.29, 1.82) is 0 Å². The van der Waals surface area contributed by atoms with Gasteiger partial charge < -0.3 is 14.9 Å². The van der Waals surface area contributed by atoms with Gasteiger partial charge in [0.05, 0.1) is 5.60 Å². The van der Waals surface area contributed by atoms with Crippen molar-refractivity contribution >= 4 is 6.08 Å². The van der Waals surface area contributed by atoms with Crippen LogP contribution in [0.5, 0.6) is 0 Å². The average Bonchev–Trinajstić information content (AvgIpc) is 2.91. The van der Waals surface area contributed by atoms with Crippen LogP contribution >= 0.6 is 0 Å². The lowest BCUT2D eigenvalue weighted by molar-refractivity contribution is -0.00643. The van der Waals surface area contributed by atoms with Gasteiger partial charge in [-0.05, 0) is 62.1 Å². The smallest absolute Gasteiger partial charge is 0.123 e. The molecule has 1 N–H and O–H groups in total. The number of aliphatic hydroxyl groups is 1. The Labute approximate surface area is 192 Å². The van der Waals surface area contributed by atoms with Crippen LogP contribution in [0.1, 0.15) is 42.4 Å². The maximum Gasteiger partial charge on any atom is 0.123 e. The van der Waals surface area contributed by atoms with Crippen LogP contribution in [-0.2, 0) is 6.42 Å². The summed E-state index contributed by atoms with van der Waals surface area (Å²) >= 11 is 0. The molecule has 32 heavy (non-hydrogen) atoms. The zero-order valence-electron chi connectivity index (χ0n) is 19.6. The van der Waals surface area contributed by atoms with Gasteiger partial charge in [0.25, 0.3) is 0 Å². The van der Waals surface area contributed by atoms with Gasteiger partial charge in [-0.1, -0.05) is 54.5 Å². The van der Waals surface area contributed by atoms with Crippen LogP contribution in [0.15, 0.2) is 54.1 Å². The van der Waals surface area contributed by atoms with E-state index in [1.807, 2.05) is 12.1 Å². The number of aryl methyl sites for hydroxylation is 1. The fourth-order valence-electron chi connectivity index (χ4n) is 5.36. The number of halogens is 1. The summed E-state index contributed by atoms with van der Waals surface area (Å²) < 4.78 is 13.5. The van der Waals surface area contributed by atoms with Gasteiger partial charge in [-0.25, -0.2) is 4.39 Å². The van der Waals surface area contributed by atoms with E-state index in [1.54, 1.807) is 0 Å². The summed E-state index contributed by atoms with van der Waals surface area (Å²) in [6.45, 7) is 7.33. The molecule has 4 rings (SSSR count). The Bertz CT molecular complexity index is 917. The van der Waals surface area contributed by atoms with E-state index in [4.69, 9.17) is 0 Å². The highest BCUT2D eigenvalue weighted by molar-refractivity contribution is 5.56. The van der Waals surface area contributed by atoms with Gasteiger partial charge in [0.1, 0.15) is 5.82 Å². The van der Waals surface area contributed by atoms with Crippen LogP contribution in [-0.4, -0.2) is 60.3 Å². The Balaban J connectivity index is 1.68. The van der Waals surface area contributed by atoms with Crippen molar-refractivity contribution in [3.05, 3.63) is 76.6 Å². The highest BCUT2D eigenvalue weighted by Gasteiger charge is 2.42. The van der Waals surface area contributed by atoms with E-state index in [0.717, 1.165) is 69.5 Å². The summed E-state index contributed by atoms with van der Waals surface area (Å²) in [5, 5.41) is 12.4.